The van der Waals surface area contributed by atoms with Crippen molar-refractivity contribution in [2.24, 2.45) is 5.14 Å². The van der Waals surface area contributed by atoms with E-state index in [0.717, 1.165) is 21.0 Å². The summed E-state index contributed by atoms with van der Waals surface area (Å²) in [6, 6.07) is 18.1. The standard InChI is InChI=1S/C26H26N4O6S3/c1-35-26(32)30-21(15-17-6-3-2-4-7-17)24(31)28-20(22-16-38-25(29-22)23-8-5-13-37-23)14-18-9-11-19(12-10-18)36-39(27,33)34/h2-13,16,20-21H,14-15H2,1H3,(H,28,31)(H,30,32)(H2,27,33,34)/t20-,21-/m0/s1. The number of nitrogens with one attached hydrogen (secondary N) is 2. The molecular formula is C26H26N4O6S3. The summed E-state index contributed by atoms with van der Waals surface area (Å²) < 4.78 is 31.9. The van der Waals surface area contributed by atoms with Gasteiger partial charge < -0.3 is 19.6 Å². The minimum Gasteiger partial charge on any atom is -0.453 e. The molecule has 13 heteroatoms. The molecule has 4 N–H and O–H groups in total. The lowest BCUT2D eigenvalue weighted by Crippen LogP contribution is -2.49. The van der Waals surface area contributed by atoms with E-state index in [1.54, 1.807) is 23.5 Å². The molecule has 2 amide bonds. The number of alkyl carbamates (subject to hydrolysis) is 1. The second-order valence-corrected chi connectivity index (χ2v) is 11.4. The lowest BCUT2D eigenvalue weighted by atomic mass is 10.0. The number of thiophene rings is 1. The molecule has 0 aliphatic carbocycles. The number of rotatable bonds is 11. The van der Waals surface area contributed by atoms with Gasteiger partial charge in [0.2, 0.25) is 5.91 Å². The Morgan fingerprint density at radius 3 is 2.31 bits per heavy atom. The van der Waals surface area contributed by atoms with Crippen LogP contribution in [0.4, 0.5) is 4.79 Å². The van der Waals surface area contributed by atoms with Gasteiger partial charge in [-0.1, -0.05) is 48.5 Å². The summed E-state index contributed by atoms with van der Waals surface area (Å²) in [4.78, 5) is 31.3. The molecule has 0 fully saturated rings. The van der Waals surface area contributed by atoms with Crippen LogP contribution in [0.15, 0.2) is 77.5 Å². The number of thiazole rings is 1. The van der Waals surface area contributed by atoms with Crippen molar-refractivity contribution in [2.45, 2.75) is 24.9 Å². The Morgan fingerprint density at radius 1 is 0.949 bits per heavy atom. The maximum absolute atomic E-state index is 13.5. The third-order valence-electron chi connectivity index (χ3n) is 5.58. The fourth-order valence-electron chi connectivity index (χ4n) is 3.77. The molecule has 0 spiro atoms. The summed E-state index contributed by atoms with van der Waals surface area (Å²) in [6.45, 7) is 0. The first-order chi connectivity index (χ1) is 18.7. The SMILES string of the molecule is COC(=O)N[C@@H](Cc1ccccc1)C(=O)N[C@@H](Cc1ccc(OS(N)(=O)=O)cc1)c1csc(-c2cccs2)n1. The van der Waals surface area contributed by atoms with Crippen molar-refractivity contribution in [1.29, 1.82) is 0 Å². The Kier molecular flexibility index (Phi) is 9.30. The quantitative estimate of drug-likeness (QED) is 0.242. The summed E-state index contributed by atoms with van der Waals surface area (Å²) in [5.74, 6) is -0.338. The average Bonchev–Trinajstić information content (AvgIpc) is 3.61. The predicted molar refractivity (Wildman–Crippen MR) is 150 cm³/mol. The van der Waals surface area contributed by atoms with Crippen molar-refractivity contribution in [3.63, 3.8) is 0 Å². The zero-order valence-electron chi connectivity index (χ0n) is 20.8. The Labute approximate surface area is 234 Å². The van der Waals surface area contributed by atoms with Crippen LogP contribution in [-0.4, -0.2) is 38.6 Å². The van der Waals surface area contributed by atoms with E-state index in [2.05, 4.69) is 10.6 Å². The molecule has 2 atom stereocenters. The zero-order valence-corrected chi connectivity index (χ0v) is 23.2. The van der Waals surface area contributed by atoms with Gasteiger partial charge in [0.15, 0.2) is 0 Å². The summed E-state index contributed by atoms with van der Waals surface area (Å²) >= 11 is 3.03. The largest absolute Gasteiger partial charge is 0.453 e. The van der Waals surface area contributed by atoms with Gasteiger partial charge in [-0.15, -0.1) is 22.7 Å². The van der Waals surface area contributed by atoms with Crippen LogP contribution < -0.4 is 20.0 Å². The maximum atomic E-state index is 13.5. The second-order valence-electron chi connectivity index (χ2n) is 8.42. The Hall–Kier alpha value is -3.78. The van der Waals surface area contributed by atoms with E-state index in [9.17, 15) is 18.0 Å². The molecule has 0 radical (unpaired) electrons. The van der Waals surface area contributed by atoms with Crippen molar-refractivity contribution < 1.29 is 26.9 Å². The van der Waals surface area contributed by atoms with Gasteiger partial charge >= 0.3 is 16.4 Å². The topological polar surface area (TPSA) is 150 Å². The Bertz CT molecular complexity index is 1490. The van der Waals surface area contributed by atoms with Crippen molar-refractivity contribution in [2.75, 3.05) is 7.11 Å². The molecule has 0 aliphatic rings. The molecule has 204 valence electrons. The highest BCUT2D eigenvalue weighted by molar-refractivity contribution is 7.84. The Morgan fingerprint density at radius 2 is 1.67 bits per heavy atom. The molecular weight excluding hydrogens is 561 g/mol. The molecule has 2 aromatic carbocycles. The normalized spacial score (nSPS) is 12.8. The highest BCUT2D eigenvalue weighted by Crippen LogP contribution is 2.31. The molecule has 2 aromatic heterocycles. The highest BCUT2D eigenvalue weighted by atomic mass is 32.2. The minimum absolute atomic E-state index is 0.0701. The zero-order chi connectivity index (χ0) is 27.8. The number of aromatic nitrogens is 1. The number of hydrogen-bond acceptors (Lipinski definition) is 9. The van der Waals surface area contributed by atoms with Gasteiger partial charge in [-0.2, -0.15) is 13.6 Å². The number of benzene rings is 2. The van der Waals surface area contributed by atoms with E-state index in [-0.39, 0.29) is 12.2 Å². The maximum Gasteiger partial charge on any atom is 0.407 e. The van der Waals surface area contributed by atoms with Crippen molar-refractivity contribution >= 4 is 45.0 Å². The molecule has 10 nitrogen and oxygen atoms in total. The highest BCUT2D eigenvalue weighted by Gasteiger charge is 2.26. The number of hydrogen-bond donors (Lipinski definition) is 3. The molecule has 39 heavy (non-hydrogen) atoms. The van der Waals surface area contributed by atoms with E-state index in [1.807, 2.05) is 53.2 Å². The van der Waals surface area contributed by atoms with Crippen LogP contribution >= 0.6 is 22.7 Å². The summed E-state index contributed by atoms with van der Waals surface area (Å²) in [5, 5.41) is 15.3. The molecule has 0 bridgehead atoms. The van der Waals surface area contributed by atoms with E-state index < -0.39 is 34.4 Å². The molecule has 0 unspecified atom stereocenters. The van der Waals surface area contributed by atoms with E-state index in [1.165, 1.54) is 30.6 Å². The number of nitrogens with two attached hydrogens (primary N) is 1. The number of carbonyl (C=O) groups excluding carboxylic acids is 2. The molecule has 2 heterocycles. The van der Waals surface area contributed by atoms with E-state index in [0.29, 0.717) is 12.1 Å². The second kappa shape index (κ2) is 12.8. The number of ether oxygens (including phenoxy) is 1. The minimum atomic E-state index is -4.15. The number of nitrogens with zero attached hydrogens (tertiary/aromatic N) is 1. The smallest absolute Gasteiger partial charge is 0.407 e. The predicted octanol–water partition coefficient (Wildman–Crippen LogP) is 3.82. The number of carbonyl (C=O) groups is 2. The summed E-state index contributed by atoms with van der Waals surface area (Å²) in [5.41, 5.74) is 2.30. The third-order valence-corrected chi connectivity index (χ3v) is 7.90. The van der Waals surface area contributed by atoms with Crippen molar-refractivity contribution in [1.82, 2.24) is 15.6 Å². The lowest BCUT2D eigenvalue weighted by molar-refractivity contribution is -0.123. The fourth-order valence-corrected chi connectivity index (χ4v) is 5.84. The van der Waals surface area contributed by atoms with E-state index >= 15 is 0 Å². The van der Waals surface area contributed by atoms with Gasteiger partial charge in [-0.25, -0.2) is 9.78 Å². The van der Waals surface area contributed by atoms with Gasteiger partial charge in [0, 0.05) is 11.8 Å². The first kappa shape index (κ1) is 28.2. The molecule has 4 rings (SSSR count). The molecule has 0 saturated heterocycles. The third kappa shape index (κ3) is 8.35. The van der Waals surface area contributed by atoms with Gasteiger partial charge in [0.1, 0.15) is 16.8 Å². The number of methoxy groups -OCH3 is 1. The van der Waals surface area contributed by atoms with Crippen LogP contribution in [0.3, 0.4) is 0 Å². The van der Waals surface area contributed by atoms with Gasteiger partial charge in [-0.05, 0) is 41.1 Å². The number of amides is 2. The van der Waals surface area contributed by atoms with Crippen LogP contribution in [0.1, 0.15) is 22.9 Å². The summed E-state index contributed by atoms with van der Waals surface area (Å²) in [6.07, 6.45) is -0.126. The lowest BCUT2D eigenvalue weighted by Gasteiger charge is -2.23. The molecule has 4 aromatic rings. The van der Waals surface area contributed by atoms with Crippen LogP contribution in [0.25, 0.3) is 9.88 Å². The Balaban J connectivity index is 1.59. The van der Waals surface area contributed by atoms with Gasteiger partial charge in [0.05, 0.1) is 23.7 Å². The van der Waals surface area contributed by atoms with Crippen LogP contribution in [-0.2, 0) is 32.7 Å². The first-order valence-electron chi connectivity index (χ1n) is 11.7. The van der Waals surface area contributed by atoms with Crippen LogP contribution in [0, 0.1) is 0 Å². The monoisotopic (exact) mass is 586 g/mol. The van der Waals surface area contributed by atoms with Gasteiger partial charge in [0.25, 0.3) is 0 Å². The fraction of sp³-hybridized carbons (Fsp3) is 0.192. The molecule has 0 saturated carbocycles. The van der Waals surface area contributed by atoms with Crippen molar-refractivity contribution in [3.05, 3.63) is 94.3 Å². The summed E-state index contributed by atoms with van der Waals surface area (Å²) in [7, 11) is -2.91. The van der Waals surface area contributed by atoms with E-state index in [4.69, 9.17) is 19.0 Å². The van der Waals surface area contributed by atoms with Crippen molar-refractivity contribution in [3.8, 4) is 15.6 Å². The average molecular weight is 587 g/mol. The van der Waals surface area contributed by atoms with Gasteiger partial charge in [-0.3, -0.25) is 4.79 Å². The molecule has 0 aliphatic heterocycles. The van der Waals surface area contributed by atoms with Crippen LogP contribution in [0.2, 0.25) is 0 Å². The van der Waals surface area contributed by atoms with Crippen LogP contribution in [0.5, 0.6) is 5.75 Å². The first-order valence-corrected chi connectivity index (χ1v) is 14.9.